The Balaban J connectivity index is 1.81. The van der Waals surface area contributed by atoms with Gasteiger partial charge in [0.15, 0.2) is 0 Å². The van der Waals surface area contributed by atoms with Gasteiger partial charge in [0.05, 0.1) is 12.9 Å². The van der Waals surface area contributed by atoms with Gasteiger partial charge in [0.1, 0.15) is 18.4 Å². The Morgan fingerprint density at radius 2 is 2.03 bits per heavy atom. The third kappa shape index (κ3) is 6.36. The van der Waals surface area contributed by atoms with Gasteiger partial charge in [-0.25, -0.2) is 9.78 Å². The van der Waals surface area contributed by atoms with Gasteiger partial charge in [-0.2, -0.15) is 11.8 Å². The summed E-state index contributed by atoms with van der Waals surface area (Å²) < 4.78 is 7.79. The van der Waals surface area contributed by atoms with E-state index in [-0.39, 0.29) is 0 Å². The number of benzene rings is 2. The van der Waals surface area contributed by atoms with Crippen LogP contribution in [-0.4, -0.2) is 51.2 Å². The van der Waals surface area contributed by atoms with Crippen LogP contribution < -0.4 is 10.1 Å². The Morgan fingerprint density at radius 1 is 1.23 bits per heavy atom. The average molecular weight is 440 g/mol. The largest absolute Gasteiger partial charge is 0.492 e. The fraction of sp³-hybridized carbons (Fsp3) is 0.261. The molecule has 31 heavy (non-hydrogen) atoms. The van der Waals surface area contributed by atoms with Crippen LogP contribution in [0.25, 0.3) is 11.1 Å². The summed E-state index contributed by atoms with van der Waals surface area (Å²) in [5, 5.41) is 12.1. The second kappa shape index (κ2) is 11.2. The molecule has 0 spiro atoms. The minimum absolute atomic E-state index is 0.359. The van der Waals surface area contributed by atoms with Crippen LogP contribution in [0.15, 0.2) is 67.3 Å². The molecule has 8 heteroatoms. The number of ether oxygens (including phenoxy) is 1. The summed E-state index contributed by atoms with van der Waals surface area (Å²) in [7, 11) is 0. The van der Waals surface area contributed by atoms with Crippen molar-refractivity contribution in [3.8, 4) is 16.9 Å². The van der Waals surface area contributed by atoms with E-state index in [2.05, 4.69) is 10.3 Å². The molecule has 2 aromatic carbocycles. The lowest BCUT2D eigenvalue weighted by molar-refractivity contribution is -0.139. The molecule has 162 valence electrons. The van der Waals surface area contributed by atoms with Gasteiger partial charge in [-0.1, -0.05) is 30.3 Å². The minimum atomic E-state index is -1.04. The molecular weight excluding hydrogens is 414 g/mol. The number of amides is 1. The molecule has 1 unspecified atom stereocenters. The fourth-order valence-corrected chi connectivity index (χ4v) is 3.56. The molecule has 2 N–H and O–H groups in total. The number of hydrogen-bond donors (Lipinski definition) is 2. The Bertz CT molecular complexity index is 993. The highest BCUT2D eigenvalue weighted by Gasteiger charge is 2.22. The number of nitrogens with one attached hydrogen (secondary N) is 1. The van der Waals surface area contributed by atoms with Gasteiger partial charge < -0.3 is 19.7 Å². The quantitative estimate of drug-likeness (QED) is 0.474. The monoisotopic (exact) mass is 439 g/mol. The lowest BCUT2D eigenvalue weighted by atomic mass is 9.98. The molecule has 0 aliphatic rings. The first-order valence-electron chi connectivity index (χ1n) is 9.89. The van der Waals surface area contributed by atoms with E-state index in [1.54, 1.807) is 36.4 Å². The minimum Gasteiger partial charge on any atom is -0.492 e. The normalized spacial score (nSPS) is 11.6. The van der Waals surface area contributed by atoms with Crippen LogP contribution in [0.4, 0.5) is 0 Å². The van der Waals surface area contributed by atoms with Crippen LogP contribution in [0.3, 0.4) is 0 Å². The number of hydrogen-bond acceptors (Lipinski definition) is 5. The van der Waals surface area contributed by atoms with Crippen LogP contribution in [0.5, 0.6) is 5.75 Å². The van der Waals surface area contributed by atoms with Crippen LogP contribution >= 0.6 is 11.8 Å². The first kappa shape index (κ1) is 22.4. The molecule has 3 rings (SSSR count). The predicted octanol–water partition coefficient (Wildman–Crippen LogP) is 3.57. The van der Waals surface area contributed by atoms with Crippen molar-refractivity contribution in [3.63, 3.8) is 0 Å². The molecule has 1 heterocycles. The number of carboxylic acid groups (broad SMARTS) is 1. The van der Waals surface area contributed by atoms with Crippen molar-refractivity contribution in [2.45, 2.75) is 19.0 Å². The number of nitrogens with zero attached hydrogens (tertiary/aromatic N) is 2. The average Bonchev–Trinajstić information content (AvgIpc) is 3.30. The standard InChI is InChI=1S/C23H25N3O4S/c1-31-14-9-21(23(28)29)25-22(27)19-8-7-18(30-13-12-26-11-10-24-16-26)15-20(19)17-5-3-2-4-6-17/h2-8,10-11,15-16,21H,9,12-14H2,1H3,(H,25,27)(H,28,29). The van der Waals surface area contributed by atoms with Gasteiger partial charge in [0.2, 0.25) is 0 Å². The van der Waals surface area contributed by atoms with Crippen molar-refractivity contribution in [3.05, 3.63) is 72.8 Å². The SMILES string of the molecule is CSCCC(NC(=O)c1ccc(OCCn2ccnc2)cc1-c1ccccc1)C(=O)O. The maximum Gasteiger partial charge on any atom is 0.326 e. The lowest BCUT2D eigenvalue weighted by Gasteiger charge is -2.17. The van der Waals surface area contributed by atoms with E-state index in [4.69, 9.17) is 4.74 Å². The number of rotatable bonds is 11. The molecular formula is C23H25N3O4S. The molecule has 0 aliphatic carbocycles. The molecule has 0 saturated heterocycles. The zero-order valence-corrected chi connectivity index (χ0v) is 18.0. The Morgan fingerprint density at radius 3 is 2.71 bits per heavy atom. The summed E-state index contributed by atoms with van der Waals surface area (Å²) >= 11 is 1.54. The maximum atomic E-state index is 13.0. The lowest BCUT2D eigenvalue weighted by Crippen LogP contribution is -2.41. The van der Waals surface area contributed by atoms with Crippen molar-refractivity contribution >= 4 is 23.6 Å². The van der Waals surface area contributed by atoms with Crippen LogP contribution in [-0.2, 0) is 11.3 Å². The molecule has 1 atom stereocenters. The Kier molecular flexibility index (Phi) is 8.12. The molecule has 0 aliphatic heterocycles. The predicted molar refractivity (Wildman–Crippen MR) is 121 cm³/mol. The Labute approximate surface area is 185 Å². The van der Waals surface area contributed by atoms with Gasteiger partial charge in [-0.05, 0) is 47.8 Å². The van der Waals surface area contributed by atoms with Gasteiger partial charge in [0.25, 0.3) is 5.91 Å². The second-order valence-electron chi connectivity index (χ2n) is 6.87. The number of carbonyl (C=O) groups is 2. The van der Waals surface area contributed by atoms with E-state index in [1.807, 2.05) is 53.4 Å². The van der Waals surface area contributed by atoms with Crippen LogP contribution in [0.1, 0.15) is 16.8 Å². The summed E-state index contributed by atoms with van der Waals surface area (Å²) in [6, 6.07) is 13.8. The van der Waals surface area contributed by atoms with E-state index in [9.17, 15) is 14.7 Å². The summed E-state index contributed by atoms with van der Waals surface area (Å²) in [5.74, 6) is -0.180. The Hall–Kier alpha value is -3.26. The van der Waals surface area contributed by atoms with Crippen molar-refractivity contribution < 1.29 is 19.4 Å². The van der Waals surface area contributed by atoms with Gasteiger partial charge >= 0.3 is 5.97 Å². The summed E-state index contributed by atoms with van der Waals surface area (Å²) in [6.07, 6.45) is 7.56. The van der Waals surface area contributed by atoms with Gasteiger partial charge in [0, 0.05) is 18.0 Å². The van der Waals surface area contributed by atoms with Gasteiger partial charge in [-0.15, -0.1) is 0 Å². The summed E-state index contributed by atoms with van der Waals surface area (Å²) in [6.45, 7) is 1.10. The van der Waals surface area contributed by atoms with Crippen molar-refractivity contribution in [2.24, 2.45) is 0 Å². The van der Waals surface area contributed by atoms with E-state index >= 15 is 0 Å². The van der Waals surface area contributed by atoms with E-state index in [0.29, 0.717) is 42.2 Å². The van der Waals surface area contributed by atoms with Crippen molar-refractivity contribution in [1.82, 2.24) is 14.9 Å². The summed E-state index contributed by atoms with van der Waals surface area (Å²) in [5.41, 5.74) is 1.94. The zero-order valence-electron chi connectivity index (χ0n) is 17.2. The molecule has 0 saturated carbocycles. The molecule has 3 aromatic rings. The van der Waals surface area contributed by atoms with Gasteiger partial charge in [-0.3, -0.25) is 4.79 Å². The highest BCUT2D eigenvalue weighted by molar-refractivity contribution is 7.98. The number of aliphatic carboxylic acids is 1. The first-order valence-corrected chi connectivity index (χ1v) is 11.3. The number of imidazole rings is 1. The van der Waals surface area contributed by atoms with E-state index < -0.39 is 17.9 Å². The van der Waals surface area contributed by atoms with Crippen LogP contribution in [0, 0.1) is 0 Å². The topological polar surface area (TPSA) is 93.5 Å². The smallest absolute Gasteiger partial charge is 0.326 e. The summed E-state index contributed by atoms with van der Waals surface area (Å²) in [4.78, 5) is 28.5. The molecule has 7 nitrogen and oxygen atoms in total. The number of aromatic nitrogens is 2. The highest BCUT2D eigenvalue weighted by Crippen LogP contribution is 2.28. The van der Waals surface area contributed by atoms with Crippen molar-refractivity contribution in [2.75, 3.05) is 18.6 Å². The third-order valence-corrected chi connectivity index (χ3v) is 5.36. The van der Waals surface area contributed by atoms with Crippen LogP contribution in [0.2, 0.25) is 0 Å². The van der Waals surface area contributed by atoms with E-state index in [1.165, 1.54) is 0 Å². The molecule has 1 amide bonds. The molecule has 0 fully saturated rings. The number of carboxylic acids is 1. The molecule has 0 bridgehead atoms. The number of thioether (sulfide) groups is 1. The van der Waals surface area contributed by atoms with Crippen molar-refractivity contribution in [1.29, 1.82) is 0 Å². The highest BCUT2D eigenvalue weighted by atomic mass is 32.2. The zero-order chi connectivity index (χ0) is 22.1. The third-order valence-electron chi connectivity index (χ3n) is 4.71. The first-order chi connectivity index (χ1) is 15.1. The maximum absolute atomic E-state index is 13.0. The second-order valence-corrected chi connectivity index (χ2v) is 7.85. The number of carbonyl (C=O) groups excluding carboxylic acids is 1. The van der Waals surface area contributed by atoms with E-state index in [0.717, 1.165) is 5.56 Å². The molecule has 0 radical (unpaired) electrons. The fourth-order valence-electron chi connectivity index (χ4n) is 3.08. The molecule has 1 aromatic heterocycles.